The number of rotatable bonds is 4. The Balaban J connectivity index is 2.33. The molecule has 1 N–H and O–H groups in total. The average molecular weight is 294 g/mol. The Hall–Kier alpha value is -1.13. The van der Waals surface area contributed by atoms with E-state index in [0.717, 1.165) is 28.8 Å². The van der Waals surface area contributed by atoms with E-state index in [2.05, 4.69) is 51.6 Å². The van der Waals surface area contributed by atoms with Crippen molar-refractivity contribution >= 4 is 15.9 Å². The summed E-state index contributed by atoms with van der Waals surface area (Å²) < 4.78 is 2.95. The first-order valence-electron chi connectivity index (χ1n) is 5.70. The first-order chi connectivity index (χ1) is 8.20. The van der Waals surface area contributed by atoms with Gasteiger partial charge in [0.05, 0.1) is 5.69 Å². The van der Waals surface area contributed by atoms with Gasteiger partial charge in [-0.05, 0) is 18.7 Å². The third-order valence-corrected chi connectivity index (χ3v) is 3.12. The van der Waals surface area contributed by atoms with E-state index in [1.165, 1.54) is 5.56 Å². The first kappa shape index (κ1) is 12.3. The molecular formula is C13H16BrN3. The van der Waals surface area contributed by atoms with Crippen LogP contribution < -0.4 is 5.32 Å². The van der Waals surface area contributed by atoms with Gasteiger partial charge in [-0.2, -0.15) is 5.10 Å². The van der Waals surface area contributed by atoms with E-state index in [4.69, 9.17) is 0 Å². The minimum absolute atomic E-state index is 0.857. The van der Waals surface area contributed by atoms with Gasteiger partial charge >= 0.3 is 0 Å². The van der Waals surface area contributed by atoms with Crippen molar-refractivity contribution in [3.63, 3.8) is 0 Å². The van der Waals surface area contributed by atoms with Crippen LogP contribution in [0.5, 0.6) is 0 Å². The van der Waals surface area contributed by atoms with Crippen molar-refractivity contribution in [2.75, 3.05) is 6.54 Å². The number of hydrogen-bond donors (Lipinski definition) is 1. The van der Waals surface area contributed by atoms with Crippen LogP contribution in [0.25, 0.3) is 11.3 Å². The molecule has 0 spiro atoms. The van der Waals surface area contributed by atoms with Gasteiger partial charge in [0, 0.05) is 35.4 Å². The van der Waals surface area contributed by atoms with Crippen molar-refractivity contribution in [1.29, 1.82) is 0 Å². The van der Waals surface area contributed by atoms with Crippen molar-refractivity contribution in [1.82, 2.24) is 15.1 Å². The molecule has 3 nitrogen and oxygen atoms in total. The number of nitrogens with zero attached hydrogens (tertiary/aromatic N) is 2. The lowest BCUT2D eigenvalue weighted by atomic mass is 10.1. The second kappa shape index (κ2) is 5.47. The quantitative estimate of drug-likeness (QED) is 0.939. The third-order valence-electron chi connectivity index (χ3n) is 2.59. The highest BCUT2D eigenvalue weighted by atomic mass is 79.9. The van der Waals surface area contributed by atoms with Crippen molar-refractivity contribution < 1.29 is 0 Å². The predicted molar refractivity (Wildman–Crippen MR) is 73.7 cm³/mol. The molecule has 2 rings (SSSR count). The lowest BCUT2D eigenvalue weighted by Crippen LogP contribution is -2.11. The SMILES string of the molecule is CCNCc1cn(C)nc1-c1ccc(Br)cc1. The van der Waals surface area contributed by atoms with E-state index < -0.39 is 0 Å². The van der Waals surface area contributed by atoms with Crippen molar-refractivity contribution in [3.05, 3.63) is 40.5 Å². The molecule has 90 valence electrons. The highest BCUT2D eigenvalue weighted by molar-refractivity contribution is 9.10. The second-order valence-corrected chi connectivity index (χ2v) is 4.88. The predicted octanol–water partition coefficient (Wildman–Crippen LogP) is 2.96. The molecule has 0 saturated carbocycles. The zero-order valence-electron chi connectivity index (χ0n) is 10.1. The monoisotopic (exact) mass is 293 g/mol. The van der Waals surface area contributed by atoms with Crippen molar-refractivity contribution in [2.45, 2.75) is 13.5 Å². The number of halogens is 1. The Morgan fingerprint density at radius 3 is 2.65 bits per heavy atom. The topological polar surface area (TPSA) is 29.9 Å². The Kier molecular flexibility index (Phi) is 3.97. The Morgan fingerprint density at radius 1 is 1.29 bits per heavy atom. The van der Waals surface area contributed by atoms with Crippen LogP contribution >= 0.6 is 15.9 Å². The smallest absolute Gasteiger partial charge is 0.0967 e. The lowest BCUT2D eigenvalue weighted by Gasteiger charge is -2.03. The van der Waals surface area contributed by atoms with Gasteiger partial charge in [0.1, 0.15) is 0 Å². The van der Waals surface area contributed by atoms with Gasteiger partial charge in [-0.15, -0.1) is 0 Å². The summed E-state index contributed by atoms with van der Waals surface area (Å²) in [6, 6.07) is 8.26. The Morgan fingerprint density at radius 2 is 2.00 bits per heavy atom. The number of aryl methyl sites for hydroxylation is 1. The molecule has 4 heteroatoms. The fourth-order valence-electron chi connectivity index (χ4n) is 1.78. The minimum atomic E-state index is 0.857. The van der Waals surface area contributed by atoms with Crippen LogP contribution in [0, 0.1) is 0 Å². The molecule has 0 aliphatic heterocycles. The summed E-state index contributed by atoms with van der Waals surface area (Å²) in [4.78, 5) is 0. The molecular weight excluding hydrogens is 278 g/mol. The van der Waals surface area contributed by atoms with E-state index in [1.54, 1.807) is 0 Å². The number of aromatic nitrogens is 2. The molecule has 0 atom stereocenters. The normalized spacial score (nSPS) is 10.8. The molecule has 0 unspecified atom stereocenters. The van der Waals surface area contributed by atoms with Crippen molar-refractivity contribution in [3.8, 4) is 11.3 Å². The van der Waals surface area contributed by atoms with Crippen LogP contribution in [0.4, 0.5) is 0 Å². The van der Waals surface area contributed by atoms with Crippen LogP contribution in [-0.2, 0) is 13.6 Å². The Labute approximate surface area is 110 Å². The van der Waals surface area contributed by atoms with Gasteiger partial charge in [0.25, 0.3) is 0 Å². The number of benzene rings is 1. The molecule has 2 aromatic rings. The summed E-state index contributed by atoms with van der Waals surface area (Å²) in [5.41, 5.74) is 3.44. The molecule has 0 fully saturated rings. The minimum Gasteiger partial charge on any atom is -0.313 e. The summed E-state index contributed by atoms with van der Waals surface area (Å²) in [5, 5.41) is 7.86. The van der Waals surface area contributed by atoms with Gasteiger partial charge in [-0.25, -0.2) is 0 Å². The zero-order valence-corrected chi connectivity index (χ0v) is 11.7. The second-order valence-electron chi connectivity index (χ2n) is 3.96. The Bertz CT molecular complexity index is 488. The van der Waals surface area contributed by atoms with E-state index >= 15 is 0 Å². The zero-order chi connectivity index (χ0) is 12.3. The van der Waals surface area contributed by atoms with Gasteiger partial charge in [-0.3, -0.25) is 4.68 Å². The summed E-state index contributed by atoms with van der Waals surface area (Å²) in [6.45, 7) is 3.93. The van der Waals surface area contributed by atoms with E-state index in [-0.39, 0.29) is 0 Å². The van der Waals surface area contributed by atoms with E-state index in [0.29, 0.717) is 0 Å². The van der Waals surface area contributed by atoms with Crippen LogP contribution in [0.15, 0.2) is 34.9 Å². The van der Waals surface area contributed by atoms with Gasteiger partial charge in [0.15, 0.2) is 0 Å². The molecule has 0 amide bonds. The lowest BCUT2D eigenvalue weighted by molar-refractivity contribution is 0.724. The summed E-state index contributed by atoms with van der Waals surface area (Å²) in [5.74, 6) is 0. The van der Waals surface area contributed by atoms with Crippen LogP contribution in [0.1, 0.15) is 12.5 Å². The van der Waals surface area contributed by atoms with Gasteiger partial charge < -0.3 is 5.32 Å². The van der Waals surface area contributed by atoms with Crippen molar-refractivity contribution in [2.24, 2.45) is 7.05 Å². The average Bonchev–Trinajstić information content (AvgIpc) is 2.69. The van der Waals surface area contributed by atoms with Gasteiger partial charge in [0.2, 0.25) is 0 Å². The molecule has 0 aliphatic carbocycles. The highest BCUT2D eigenvalue weighted by Gasteiger charge is 2.09. The molecule has 0 radical (unpaired) electrons. The van der Waals surface area contributed by atoms with E-state index in [1.807, 2.05) is 23.9 Å². The fourth-order valence-corrected chi connectivity index (χ4v) is 2.04. The van der Waals surface area contributed by atoms with E-state index in [9.17, 15) is 0 Å². The first-order valence-corrected chi connectivity index (χ1v) is 6.49. The maximum atomic E-state index is 4.52. The standard InChI is InChI=1S/C13H16BrN3/c1-3-15-8-11-9-17(2)16-13(11)10-4-6-12(14)7-5-10/h4-7,9,15H,3,8H2,1-2H3. The molecule has 1 aromatic heterocycles. The maximum absolute atomic E-state index is 4.52. The highest BCUT2D eigenvalue weighted by Crippen LogP contribution is 2.23. The third kappa shape index (κ3) is 2.96. The molecule has 1 heterocycles. The molecule has 0 bridgehead atoms. The van der Waals surface area contributed by atoms with Crippen LogP contribution in [0.2, 0.25) is 0 Å². The maximum Gasteiger partial charge on any atom is 0.0967 e. The molecule has 1 aromatic carbocycles. The number of hydrogen-bond acceptors (Lipinski definition) is 2. The van der Waals surface area contributed by atoms with Crippen LogP contribution in [-0.4, -0.2) is 16.3 Å². The largest absolute Gasteiger partial charge is 0.313 e. The van der Waals surface area contributed by atoms with Gasteiger partial charge in [-0.1, -0.05) is 35.0 Å². The fraction of sp³-hybridized carbons (Fsp3) is 0.308. The summed E-state index contributed by atoms with van der Waals surface area (Å²) >= 11 is 3.45. The summed E-state index contributed by atoms with van der Waals surface area (Å²) in [6.07, 6.45) is 2.07. The van der Waals surface area contributed by atoms with Crippen LogP contribution in [0.3, 0.4) is 0 Å². The number of nitrogens with one attached hydrogen (secondary N) is 1. The molecule has 0 saturated heterocycles. The molecule has 0 aliphatic rings. The summed E-state index contributed by atoms with van der Waals surface area (Å²) in [7, 11) is 1.96. The molecule has 17 heavy (non-hydrogen) atoms.